The Kier molecular flexibility index (Phi) is 6.28. The first-order valence-electron chi connectivity index (χ1n) is 18.5. The Hall–Kier alpha value is -6.74. The summed E-state index contributed by atoms with van der Waals surface area (Å²) in [6.07, 6.45) is 0. The van der Waals surface area contributed by atoms with Gasteiger partial charge in [0.05, 0.1) is 0 Å². The minimum atomic E-state index is 0.929. The fraction of sp³-hybridized carbons (Fsp3) is 0. The van der Waals surface area contributed by atoms with Crippen LogP contribution in [-0.2, 0) is 0 Å². The van der Waals surface area contributed by atoms with Gasteiger partial charge in [-0.1, -0.05) is 140 Å². The van der Waals surface area contributed by atoms with Gasteiger partial charge in [-0.3, -0.25) is 0 Å². The molecule has 0 radical (unpaired) electrons. The Morgan fingerprint density at radius 2 is 0.870 bits per heavy atom. The minimum Gasteiger partial charge on any atom is -0.455 e. The third-order valence-corrected chi connectivity index (χ3v) is 12.5. The summed E-state index contributed by atoms with van der Waals surface area (Å²) in [6, 6.07) is 66.8. The fourth-order valence-electron chi connectivity index (χ4n) is 8.89. The highest BCUT2D eigenvalue weighted by Crippen LogP contribution is 2.45. The molecule has 1 nitrogen and oxygen atoms in total. The smallest absolute Gasteiger partial charge is 0.144 e. The summed E-state index contributed by atoms with van der Waals surface area (Å²) in [5, 5.41) is 14.8. The van der Waals surface area contributed by atoms with Gasteiger partial charge in [0.25, 0.3) is 0 Å². The van der Waals surface area contributed by atoms with Crippen LogP contribution in [0.15, 0.2) is 186 Å². The van der Waals surface area contributed by atoms with Crippen molar-refractivity contribution in [3.05, 3.63) is 182 Å². The topological polar surface area (TPSA) is 13.1 Å². The number of fused-ring (bicyclic) bond motifs is 11. The summed E-state index contributed by atoms with van der Waals surface area (Å²) < 4.78 is 9.24. The predicted octanol–water partition coefficient (Wildman–Crippen LogP) is 15.6. The van der Waals surface area contributed by atoms with Gasteiger partial charge in [-0.05, 0) is 119 Å². The molecule has 54 heavy (non-hydrogen) atoms. The van der Waals surface area contributed by atoms with Crippen LogP contribution in [-0.4, -0.2) is 0 Å². The molecule has 250 valence electrons. The molecule has 2 aromatic heterocycles. The fourth-order valence-corrected chi connectivity index (χ4v) is 9.99. The Balaban J connectivity index is 0.976. The van der Waals surface area contributed by atoms with Gasteiger partial charge < -0.3 is 4.42 Å². The first kappa shape index (κ1) is 29.8. The SMILES string of the molecule is c1ccc2cc(-c3c4ccccc4c(-c4ccc(-c5ccc6cc7c(cc6c5)oc5c7ccc6sc7ccccc7c65)cc4)c4ccccc34)ccc2c1. The van der Waals surface area contributed by atoms with Crippen LogP contribution in [0, 0.1) is 0 Å². The highest BCUT2D eigenvalue weighted by atomic mass is 32.1. The summed E-state index contributed by atoms with van der Waals surface area (Å²) in [6.45, 7) is 0. The monoisotopic (exact) mass is 702 g/mol. The average molecular weight is 703 g/mol. The molecule has 0 amide bonds. The molecule has 0 spiro atoms. The molecule has 0 unspecified atom stereocenters. The maximum absolute atomic E-state index is 6.68. The quantitative estimate of drug-likeness (QED) is 0.167. The van der Waals surface area contributed by atoms with E-state index in [9.17, 15) is 0 Å². The number of rotatable bonds is 3. The van der Waals surface area contributed by atoms with Crippen LogP contribution in [0.2, 0.25) is 0 Å². The average Bonchev–Trinajstić information content (AvgIpc) is 3.79. The third kappa shape index (κ3) is 4.38. The highest BCUT2D eigenvalue weighted by molar-refractivity contribution is 7.26. The van der Waals surface area contributed by atoms with Crippen LogP contribution >= 0.6 is 11.3 Å². The van der Waals surface area contributed by atoms with Gasteiger partial charge in [-0.2, -0.15) is 0 Å². The first-order chi connectivity index (χ1) is 26.7. The summed E-state index contributed by atoms with van der Waals surface area (Å²) in [7, 11) is 0. The zero-order chi connectivity index (χ0) is 35.3. The van der Waals surface area contributed by atoms with Gasteiger partial charge in [-0.15, -0.1) is 11.3 Å². The molecular weight excluding hydrogens is 673 g/mol. The molecule has 0 aliphatic heterocycles. The molecule has 0 atom stereocenters. The van der Waals surface area contributed by atoms with Crippen LogP contribution in [0.1, 0.15) is 0 Å². The van der Waals surface area contributed by atoms with E-state index in [4.69, 9.17) is 4.42 Å². The van der Waals surface area contributed by atoms with Crippen molar-refractivity contribution in [2.24, 2.45) is 0 Å². The second-order valence-electron chi connectivity index (χ2n) is 14.4. The van der Waals surface area contributed by atoms with Gasteiger partial charge in [0.2, 0.25) is 0 Å². The molecule has 12 rings (SSSR count). The molecule has 2 heterocycles. The zero-order valence-corrected chi connectivity index (χ0v) is 30.0. The van der Waals surface area contributed by atoms with Gasteiger partial charge >= 0.3 is 0 Å². The van der Waals surface area contributed by atoms with E-state index in [-0.39, 0.29) is 0 Å². The molecule has 0 N–H and O–H groups in total. The maximum Gasteiger partial charge on any atom is 0.144 e. The van der Waals surface area contributed by atoms with Crippen molar-refractivity contribution < 1.29 is 4.42 Å². The van der Waals surface area contributed by atoms with Crippen molar-refractivity contribution in [2.75, 3.05) is 0 Å². The lowest BCUT2D eigenvalue weighted by Gasteiger charge is -2.18. The molecule has 0 saturated heterocycles. The lowest BCUT2D eigenvalue weighted by atomic mass is 9.85. The molecule has 0 fully saturated rings. The van der Waals surface area contributed by atoms with Crippen molar-refractivity contribution in [3.8, 4) is 33.4 Å². The van der Waals surface area contributed by atoms with Gasteiger partial charge in [0.1, 0.15) is 11.2 Å². The third-order valence-electron chi connectivity index (χ3n) is 11.4. The Morgan fingerprint density at radius 1 is 0.315 bits per heavy atom. The normalized spacial score (nSPS) is 12.1. The highest BCUT2D eigenvalue weighted by Gasteiger charge is 2.18. The van der Waals surface area contributed by atoms with E-state index in [1.807, 2.05) is 11.3 Å². The minimum absolute atomic E-state index is 0.929. The van der Waals surface area contributed by atoms with E-state index in [0.29, 0.717) is 0 Å². The molecular formula is C52H30OS. The van der Waals surface area contributed by atoms with Crippen LogP contribution < -0.4 is 0 Å². The van der Waals surface area contributed by atoms with Crippen molar-refractivity contribution in [2.45, 2.75) is 0 Å². The van der Waals surface area contributed by atoms with Crippen molar-refractivity contribution in [1.29, 1.82) is 0 Å². The van der Waals surface area contributed by atoms with Crippen molar-refractivity contribution >= 4 is 96.5 Å². The second kappa shape index (κ2) is 11.4. The van der Waals surface area contributed by atoms with Crippen molar-refractivity contribution in [1.82, 2.24) is 0 Å². The van der Waals surface area contributed by atoms with Gasteiger partial charge in [0.15, 0.2) is 0 Å². The summed E-state index contributed by atoms with van der Waals surface area (Å²) in [5.41, 5.74) is 9.32. The largest absolute Gasteiger partial charge is 0.455 e. The van der Waals surface area contributed by atoms with E-state index in [1.54, 1.807) is 0 Å². The molecule has 0 aliphatic rings. The molecule has 2 heteroatoms. The standard InChI is InChI=1S/C52H30OS/c1-2-10-34-27-37(24-19-31(34)9-1)50-41-13-5-3-11-39(41)49(40-12-4-6-14-42(40)50)33-20-17-32(18-21-33)35-22-23-36-29-45-43-25-26-48-51(44-15-7-8-16-47(44)54-48)52(43)53-46(45)30-38(36)28-35/h1-30H. The zero-order valence-electron chi connectivity index (χ0n) is 29.1. The van der Waals surface area contributed by atoms with E-state index >= 15 is 0 Å². The van der Waals surface area contributed by atoms with Crippen LogP contribution in [0.3, 0.4) is 0 Å². The summed E-state index contributed by atoms with van der Waals surface area (Å²) in [5.74, 6) is 0. The van der Waals surface area contributed by atoms with Crippen LogP contribution in [0.4, 0.5) is 0 Å². The summed E-state index contributed by atoms with van der Waals surface area (Å²) in [4.78, 5) is 0. The molecule has 12 aromatic rings. The number of thiophene rings is 1. The van der Waals surface area contributed by atoms with E-state index in [0.717, 1.165) is 16.6 Å². The van der Waals surface area contributed by atoms with E-state index in [2.05, 4.69) is 182 Å². The predicted molar refractivity (Wildman–Crippen MR) is 233 cm³/mol. The lowest BCUT2D eigenvalue weighted by molar-refractivity contribution is 0.673. The van der Waals surface area contributed by atoms with E-state index < -0.39 is 0 Å². The van der Waals surface area contributed by atoms with Gasteiger partial charge in [0, 0.05) is 30.9 Å². The van der Waals surface area contributed by atoms with Crippen LogP contribution in [0.25, 0.3) is 119 Å². The number of hydrogen-bond donors (Lipinski definition) is 0. The van der Waals surface area contributed by atoms with Crippen LogP contribution in [0.5, 0.6) is 0 Å². The lowest BCUT2D eigenvalue weighted by Crippen LogP contribution is -1.91. The Morgan fingerprint density at radius 3 is 1.63 bits per heavy atom. The Labute approximate surface area is 314 Å². The molecule has 0 aliphatic carbocycles. The summed E-state index contributed by atoms with van der Waals surface area (Å²) >= 11 is 1.83. The first-order valence-corrected chi connectivity index (χ1v) is 19.3. The number of benzene rings is 10. The molecule has 0 bridgehead atoms. The second-order valence-corrected chi connectivity index (χ2v) is 15.5. The van der Waals surface area contributed by atoms with Crippen molar-refractivity contribution in [3.63, 3.8) is 0 Å². The van der Waals surface area contributed by atoms with E-state index in [1.165, 1.54) is 102 Å². The van der Waals surface area contributed by atoms with Gasteiger partial charge in [-0.25, -0.2) is 0 Å². The molecule has 10 aromatic carbocycles. The number of furan rings is 1. The number of hydrogen-bond acceptors (Lipinski definition) is 2. The maximum atomic E-state index is 6.68. The Bertz CT molecular complexity index is 3430. The molecule has 0 saturated carbocycles.